The Morgan fingerprint density at radius 3 is 2.65 bits per heavy atom. The van der Waals surface area contributed by atoms with Gasteiger partial charge in [0.25, 0.3) is 0 Å². The van der Waals surface area contributed by atoms with Crippen molar-refractivity contribution >= 4 is 17.5 Å². The highest BCUT2D eigenvalue weighted by molar-refractivity contribution is 7.98. The lowest BCUT2D eigenvalue weighted by atomic mass is 10.1. The number of oxime groups is 1. The van der Waals surface area contributed by atoms with E-state index in [9.17, 15) is 0 Å². The molecule has 0 aliphatic carbocycles. The molecule has 0 unspecified atom stereocenters. The van der Waals surface area contributed by atoms with Gasteiger partial charge in [0, 0.05) is 5.75 Å². The molecule has 94 valence electrons. The normalized spacial score (nSPS) is 11.5. The highest BCUT2D eigenvalue weighted by Gasteiger charge is 1.98. The predicted molar refractivity (Wildman–Crippen MR) is 73.5 cm³/mol. The van der Waals surface area contributed by atoms with Crippen molar-refractivity contribution in [3.8, 4) is 5.75 Å². The van der Waals surface area contributed by atoms with Crippen molar-refractivity contribution in [3.63, 3.8) is 0 Å². The number of hydrogen-bond donors (Lipinski definition) is 1. The second kappa shape index (κ2) is 8.01. The van der Waals surface area contributed by atoms with Gasteiger partial charge in [-0.3, -0.25) is 0 Å². The van der Waals surface area contributed by atoms with E-state index < -0.39 is 0 Å². The molecule has 0 radical (unpaired) electrons. The minimum absolute atomic E-state index is 0.747. The minimum Gasteiger partial charge on any atom is -0.493 e. The number of nitrogens with zero attached hydrogens (tertiary/aromatic N) is 1. The van der Waals surface area contributed by atoms with Crippen LogP contribution in [0.15, 0.2) is 29.4 Å². The van der Waals surface area contributed by atoms with E-state index in [2.05, 4.69) is 23.5 Å². The van der Waals surface area contributed by atoms with Gasteiger partial charge in [-0.1, -0.05) is 17.3 Å². The maximum absolute atomic E-state index is 8.54. The molecule has 1 aromatic rings. The smallest absolute Gasteiger partial charge is 0.119 e. The fraction of sp³-hybridized carbons (Fsp3) is 0.462. The molecule has 0 aliphatic rings. The van der Waals surface area contributed by atoms with Crippen molar-refractivity contribution in [2.75, 3.05) is 18.6 Å². The number of ether oxygens (including phenoxy) is 1. The molecule has 0 amide bonds. The van der Waals surface area contributed by atoms with Crippen molar-refractivity contribution in [2.24, 2.45) is 5.16 Å². The lowest BCUT2D eigenvalue weighted by Crippen LogP contribution is -2.00. The Hall–Kier alpha value is -1.16. The molecule has 1 rings (SSSR count). The summed E-state index contributed by atoms with van der Waals surface area (Å²) in [5.74, 6) is 1.92. The van der Waals surface area contributed by atoms with Crippen molar-refractivity contribution in [1.29, 1.82) is 0 Å². The van der Waals surface area contributed by atoms with Crippen LogP contribution in [-0.4, -0.2) is 29.5 Å². The molecule has 0 fully saturated rings. The van der Waals surface area contributed by atoms with Crippen LogP contribution in [-0.2, 0) is 6.42 Å². The summed E-state index contributed by atoms with van der Waals surface area (Å²) >= 11 is 1.78. The van der Waals surface area contributed by atoms with Gasteiger partial charge < -0.3 is 9.94 Å². The van der Waals surface area contributed by atoms with Crippen molar-refractivity contribution < 1.29 is 9.94 Å². The van der Waals surface area contributed by atoms with Crippen LogP contribution in [0.4, 0.5) is 0 Å². The molecule has 1 aromatic carbocycles. The lowest BCUT2D eigenvalue weighted by Gasteiger charge is -2.06. The maximum Gasteiger partial charge on any atom is 0.119 e. The zero-order chi connectivity index (χ0) is 12.5. The predicted octanol–water partition coefficient (Wildman–Crippen LogP) is 3.21. The number of aryl methyl sites for hydroxylation is 1. The summed E-state index contributed by atoms with van der Waals surface area (Å²) in [6.45, 7) is 2.57. The van der Waals surface area contributed by atoms with E-state index in [1.807, 2.05) is 19.1 Å². The van der Waals surface area contributed by atoms with Crippen molar-refractivity contribution in [3.05, 3.63) is 29.8 Å². The molecule has 17 heavy (non-hydrogen) atoms. The first kappa shape index (κ1) is 13.9. The molecule has 0 aromatic heterocycles. The highest BCUT2D eigenvalue weighted by Crippen LogP contribution is 2.13. The van der Waals surface area contributed by atoms with E-state index in [0.29, 0.717) is 0 Å². The average Bonchev–Trinajstić information content (AvgIpc) is 2.37. The number of rotatable bonds is 7. The van der Waals surface area contributed by atoms with E-state index in [-0.39, 0.29) is 0 Å². The van der Waals surface area contributed by atoms with Gasteiger partial charge in [-0.15, -0.1) is 0 Å². The van der Waals surface area contributed by atoms with Crippen LogP contribution in [0.25, 0.3) is 0 Å². The standard InChI is InChI=1S/C13H19NO2S/c1-11(14-15)3-4-12-5-7-13(8-6-12)16-9-10-17-2/h5-8,15H,3-4,9-10H2,1-2H3/b14-11+. The molecular formula is C13H19NO2S. The number of benzene rings is 1. The van der Waals surface area contributed by atoms with Gasteiger partial charge in [0.15, 0.2) is 0 Å². The summed E-state index contributed by atoms with van der Waals surface area (Å²) < 4.78 is 5.56. The molecule has 0 bridgehead atoms. The van der Waals surface area contributed by atoms with Crippen molar-refractivity contribution in [2.45, 2.75) is 19.8 Å². The monoisotopic (exact) mass is 253 g/mol. The molecule has 0 spiro atoms. The largest absolute Gasteiger partial charge is 0.493 e. The van der Waals surface area contributed by atoms with E-state index >= 15 is 0 Å². The van der Waals surface area contributed by atoms with Gasteiger partial charge in [-0.25, -0.2) is 0 Å². The average molecular weight is 253 g/mol. The fourth-order valence-corrected chi connectivity index (χ4v) is 1.62. The Morgan fingerprint density at radius 1 is 1.35 bits per heavy atom. The van der Waals surface area contributed by atoms with Crippen LogP contribution in [0.5, 0.6) is 5.75 Å². The van der Waals surface area contributed by atoms with Gasteiger partial charge in [-0.05, 0) is 43.7 Å². The molecule has 0 atom stereocenters. The van der Waals surface area contributed by atoms with Crippen LogP contribution >= 0.6 is 11.8 Å². The van der Waals surface area contributed by atoms with Crippen LogP contribution in [0.3, 0.4) is 0 Å². The third-order valence-corrected chi connectivity index (χ3v) is 3.00. The Balaban J connectivity index is 2.39. The molecule has 0 saturated carbocycles. The first-order valence-electron chi connectivity index (χ1n) is 5.64. The number of hydrogen-bond acceptors (Lipinski definition) is 4. The molecule has 4 heteroatoms. The second-order valence-electron chi connectivity index (χ2n) is 3.82. The Kier molecular flexibility index (Phi) is 6.55. The SMILES string of the molecule is CSCCOc1ccc(CC/C(C)=N/O)cc1. The van der Waals surface area contributed by atoms with Gasteiger partial charge in [0.1, 0.15) is 5.75 Å². The van der Waals surface area contributed by atoms with E-state index in [4.69, 9.17) is 9.94 Å². The zero-order valence-electron chi connectivity index (χ0n) is 10.3. The van der Waals surface area contributed by atoms with Crippen LogP contribution in [0.2, 0.25) is 0 Å². The second-order valence-corrected chi connectivity index (χ2v) is 4.81. The Bertz CT molecular complexity index is 349. The first-order valence-corrected chi connectivity index (χ1v) is 7.04. The molecule has 1 N–H and O–H groups in total. The summed E-state index contributed by atoms with van der Waals surface area (Å²) in [6, 6.07) is 8.08. The molecule has 0 heterocycles. The maximum atomic E-state index is 8.54. The summed E-state index contributed by atoms with van der Waals surface area (Å²) in [7, 11) is 0. The summed E-state index contributed by atoms with van der Waals surface area (Å²) in [4.78, 5) is 0. The first-order chi connectivity index (χ1) is 8.26. The Morgan fingerprint density at radius 2 is 2.06 bits per heavy atom. The quantitative estimate of drug-likeness (QED) is 0.351. The van der Waals surface area contributed by atoms with Crippen LogP contribution in [0.1, 0.15) is 18.9 Å². The van der Waals surface area contributed by atoms with Gasteiger partial charge >= 0.3 is 0 Å². The summed E-state index contributed by atoms with van der Waals surface area (Å²) in [5, 5.41) is 11.7. The van der Waals surface area contributed by atoms with E-state index in [0.717, 1.165) is 36.7 Å². The van der Waals surface area contributed by atoms with E-state index in [1.165, 1.54) is 5.56 Å². The lowest BCUT2D eigenvalue weighted by molar-refractivity contribution is 0.317. The van der Waals surface area contributed by atoms with Gasteiger partial charge in [-0.2, -0.15) is 11.8 Å². The number of thioether (sulfide) groups is 1. The fourth-order valence-electron chi connectivity index (χ4n) is 1.37. The minimum atomic E-state index is 0.747. The molecule has 3 nitrogen and oxygen atoms in total. The molecular weight excluding hydrogens is 234 g/mol. The molecule has 0 saturated heterocycles. The summed E-state index contributed by atoms with van der Waals surface area (Å²) in [6.07, 6.45) is 3.74. The molecule has 0 aliphatic heterocycles. The third kappa shape index (κ3) is 5.63. The van der Waals surface area contributed by atoms with Crippen molar-refractivity contribution in [1.82, 2.24) is 0 Å². The van der Waals surface area contributed by atoms with Gasteiger partial charge in [0.2, 0.25) is 0 Å². The van der Waals surface area contributed by atoms with Gasteiger partial charge in [0.05, 0.1) is 12.3 Å². The Labute approximate surface area is 107 Å². The highest BCUT2D eigenvalue weighted by atomic mass is 32.2. The van der Waals surface area contributed by atoms with E-state index in [1.54, 1.807) is 11.8 Å². The topological polar surface area (TPSA) is 41.8 Å². The van der Waals surface area contributed by atoms with Crippen LogP contribution in [0, 0.1) is 0 Å². The zero-order valence-corrected chi connectivity index (χ0v) is 11.2. The summed E-state index contributed by atoms with van der Waals surface area (Å²) in [5.41, 5.74) is 1.98. The third-order valence-electron chi connectivity index (χ3n) is 2.43. The van der Waals surface area contributed by atoms with Crippen LogP contribution < -0.4 is 4.74 Å².